The second-order valence-corrected chi connectivity index (χ2v) is 4.94. The Balaban J connectivity index is 1.95. The van der Waals surface area contributed by atoms with Crippen molar-refractivity contribution in [2.75, 3.05) is 13.1 Å². The smallest absolute Gasteiger partial charge is 0.222 e. The highest BCUT2D eigenvalue weighted by atomic mass is 16.2. The van der Waals surface area contributed by atoms with Gasteiger partial charge in [0, 0.05) is 32.5 Å². The Labute approximate surface area is 108 Å². The molecular weight excluding hydrogens is 228 g/mol. The van der Waals surface area contributed by atoms with Crippen LogP contribution in [0.1, 0.15) is 38.9 Å². The van der Waals surface area contributed by atoms with E-state index in [0.717, 1.165) is 38.3 Å². The van der Waals surface area contributed by atoms with Gasteiger partial charge in [-0.3, -0.25) is 4.79 Å². The molecule has 0 radical (unpaired) electrons. The SMILES string of the molecule is CCC(=O)N1CCCC(Cc2nncn2CC)C1. The molecule has 5 nitrogen and oxygen atoms in total. The van der Waals surface area contributed by atoms with E-state index < -0.39 is 0 Å². The number of rotatable bonds is 4. The van der Waals surface area contributed by atoms with Gasteiger partial charge in [0.15, 0.2) is 0 Å². The molecule has 0 spiro atoms. The van der Waals surface area contributed by atoms with Gasteiger partial charge in [0.1, 0.15) is 12.2 Å². The predicted octanol–water partition coefficient (Wildman–Crippen LogP) is 1.49. The molecular formula is C13H22N4O. The maximum atomic E-state index is 11.7. The van der Waals surface area contributed by atoms with Crippen LogP contribution in [0.4, 0.5) is 0 Å². The van der Waals surface area contributed by atoms with Gasteiger partial charge in [0.05, 0.1) is 0 Å². The van der Waals surface area contributed by atoms with Crippen LogP contribution in [0, 0.1) is 5.92 Å². The van der Waals surface area contributed by atoms with E-state index >= 15 is 0 Å². The molecule has 1 atom stereocenters. The summed E-state index contributed by atoms with van der Waals surface area (Å²) in [5.41, 5.74) is 0. The van der Waals surface area contributed by atoms with Crippen LogP contribution in [0.3, 0.4) is 0 Å². The first kappa shape index (κ1) is 13.1. The molecule has 100 valence electrons. The van der Waals surface area contributed by atoms with Crippen LogP contribution >= 0.6 is 0 Å². The summed E-state index contributed by atoms with van der Waals surface area (Å²) in [6.07, 6.45) is 5.62. The van der Waals surface area contributed by atoms with Crippen LogP contribution < -0.4 is 0 Å². The molecule has 1 aliphatic heterocycles. The van der Waals surface area contributed by atoms with E-state index in [4.69, 9.17) is 0 Å². The average Bonchev–Trinajstić information content (AvgIpc) is 2.85. The molecule has 1 unspecified atom stereocenters. The van der Waals surface area contributed by atoms with Crippen LogP contribution in [-0.2, 0) is 17.8 Å². The summed E-state index contributed by atoms with van der Waals surface area (Å²) in [7, 11) is 0. The zero-order chi connectivity index (χ0) is 13.0. The normalized spacial score (nSPS) is 20.1. The van der Waals surface area contributed by atoms with Crippen molar-refractivity contribution in [1.29, 1.82) is 0 Å². The van der Waals surface area contributed by atoms with Gasteiger partial charge in [-0.05, 0) is 25.7 Å². The van der Waals surface area contributed by atoms with Crippen molar-refractivity contribution >= 4 is 5.91 Å². The van der Waals surface area contributed by atoms with Gasteiger partial charge in [-0.1, -0.05) is 6.92 Å². The summed E-state index contributed by atoms with van der Waals surface area (Å²) >= 11 is 0. The van der Waals surface area contributed by atoms with Gasteiger partial charge in [0.2, 0.25) is 5.91 Å². The van der Waals surface area contributed by atoms with Gasteiger partial charge in [0.25, 0.3) is 0 Å². The van der Waals surface area contributed by atoms with Crippen molar-refractivity contribution in [2.45, 2.75) is 46.1 Å². The Morgan fingerprint density at radius 1 is 1.50 bits per heavy atom. The first-order valence-corrected chi connectivity index (χ1v) is 6.89. The molecule has 1 amide bonds. The lowest BCUT2D eigenvalue weighted by Crippen LogP contribution is -2.40. The minimum Gasteiger partial charge on any atom is -0.342 e. The second kappa shape index (κ2) is 5.98. The van der Waals surface area contributed by atoms with E-state index in [1.807, 2.05) is 11.8 Å². The lowest BCUT2D eigenvalue weighted by Gasteiger charge is -2.32. The Bertz CT molecular complexity index is 401. The molecule has 0 aliphatic carbocycles. The lowest BCUT2D eigenvalue weighted by atomic mass is 9.94. The van der Waals surface area contributed by atoms with Crippen molar-refractivity contribution in [3.63, 3.8) is 0 Å². The van der Waals surface area contributed by atoms with Crippen LogP contribution in [0.5, 0.6) is 0 Å². The van der Waals surface area contributed by atoms with Gasteiger partial charge >= 0.3 is 0 Å². The minimum atomic E-state index is 0.275. The van der Waals surface area contributed by atoms with E-state index in [0.29, 0.717) is 12.3 Å². The zero-order valence-corrected chi connectivity index (χ0v) is 11.3. The number of carbonyl (C=O) groups excluding carboxylic acids is 1. The van der Waals surface area contributed by atoms with Gasteiger partial charge < -0.3 is 9.47 Å². The quantitative estimate of drug-likeness (QED) is 0.813. The topological polar surface area (TPSA) is 51.0 Å². The summed E-state index contributed by atoms with van der Waals surface area (Å²) in [4.78, 5) is 13.7. The molecule has 2 heterocycles. The van der Waals surface area contributed by atoms with Crippen molar-refractivity contribution < 1.29 is 4.79 Å². The zero-order valence-electron chi connectivity index (χ0n) is 11.3. The van der Waals surface area contributed by atoms with Crippen molar-refractivity contribution in [1.82, 2.24) is 19.7 Å². The average molecular weight is 250 g/mol. The molecule has 0 aromatic carbocycles. The molecule has 0 saturated carbocycles. The number of aromatic nitrogens is 3. The highest BCUT2D eigenvalue weighted by Crippen LogP contribution is 2.20. The molecule has 0 bridgehead atoms. The Morgan fingerprint density at radius 2 is 2.33 bits per heavy atom. The second-order valence-electron chi connectivity index (χ2n) is 4.94. The Kier molecular flexibility index (Phi) is 4.33. The molecule has 1 aromatic heterocycles. The molecule has 1 aliphatic rings. The fourth-order valence-electron chi connectivity index (χ4n) is 2.64. The monoisotopic (exact) mass is 250 g/mol. The van der Waals surface area contributed by atoms with E-state index in [-0.39, 0.29) is 5.91 Å². The van der Waals surface area contributed by atoms with Crippen LogP contribution in [-0.4, -0.2) is 38.7 Å². The van der Waals surface area contributed by atoms with Gasteiger partial charge in [-0.25, -0.2) is 0 Å². The summed E-state index contributed by atoms with van der Waals surface area (Å²) < 4.78 is 2.08. The first-order chi connectivity index (χ1) is 8.74. The number of hydrogen-bond donors (Lipinski definition) is 0. The fourth-order valence-corrected chi connectivity index (χ4v) is 2.64. The number of likely N-dealkylation sites (tertiary alicyclic amines) is 1. The summed E-state index contributed by atoms with van der Waals surface area (Å²) in [6, 6.07) is 0. The largest absolute Gasteiger partial charge is 0.342 e. The lowest BCUT2D eigenvalue weighted by molar-refractivity contribution is -0.132. The Morgan fingerprint density at radius 3 is 3.06 bits per heavy atom. The molecule has 0 N–H and O–H groups in total. The molecule has 1 aromatic rings. The van der Waals surface area contributed by atoms with Gasteiger partial charge in [-0.15, -0.1) is 10.2 Å². The third-order valence-corrected chi connectivity index (χ3v) is 3.68. The number of carbonyl (C=O) groups is 1. The van der Waals surface area contributed by atoms with E-state index in [2.05, 4.69) is 21.7 Å². The third kappa shape index (κ3) is 2.89. The van der Waals surface area contributed by atoms with E-state index in [1.54, 1.807) is 6.33 Å². The predicted molar refractivity (Wildman–Crippen MR) is 69.0 cm³/mol. The maximum absolute atomic E-state index is 11.7. The number of aryl methyl sites for hydroxylation is 1. The summed E-state index contributed by atoms with van der Waals surface area (Å²) in [5.74, 6) is 1.86. The van der Waals surface area contributed by atoms with Crippen LogP contribution in [0.2, 0.25) is 0 Å². The van der Waals surface area contributed by atoms with Crippen LogP contribution in [0.15, 0.2) is 6.33 Å². The highest BCUT2D eigenvalue weighted by Gasteiger charge is 2.24. The minimum absolute atomic E-state index is 0.275. The molecule has 1 saturated heterocycles. The number of amides is 1. The van der Waals surface area contributed by atoms with Gasteiger partial charge in [-0.2, -0.15) is 0 Å². The maximum Gasteiger partial charge on any atom is 0.222 e. The number of hydrogen-bond acceptors (Lipinski definition) is 3. The van der Waals surface area contributed by atoms with Crippen molar-refractivity contribution in [3.8, 4) is 0 Å². The fraction of sp³-hybridized carbons (Fsp3) is 0.769. The van der Waals surface area contributed by atoms with Crippen molar-refractivity contribution in [2.24, 2.45) is 5.92 Å². The molecule has 2 rings (SSSR count). The molecule has 5 heteroatoms. The van der Waals surface area contributed by atoms with Crippen molar-refractivity contribution in [3.05, 3.63) is 12.2 Å². The van der Waals surface area contributed by atoms with E-state index in [9.17, 15) is 4.79 Å². The number of piperidine rings is 1. The third-order valence-electron chi connectivity index (χ3n) is 3.68. The van der Waals surface area contributed by atoms with Crippen LogP contribution in [0.25, 0.3) is 0 Å². The molecule has 18 heavy (non-hydrogen) atoms. The molecule has 1 fully saturated rings. The summed E-state index contributed by atoms with van der Waals surface area (Å²) in [5, 5.41) is 8.14. The van der Waals surface area contributed by atoms with E-state index in [1.165, 1.54) is 6.42 Å². The highest BCUT2D eigenvalue weighted by molar-refractivity contribution is 5.75. The first-order valence-electron chi connectivity index (χ1n) is 6.89. The standard InChI is InChI=1S/C13H22N4O/c1-3-13(18)17-7-5-6-11(9-17)8-12-15-14-10-16(12)4-2/h10-11H,3-9H2,1-2H3. The Hall–Kier alpha value is -1.39. The number of nitrogens with zero attached hydrogens (tertiary/aromatic N) is 4. The summed E-state index contributed by atoms with van der Waals surface area (Å²) in [6.45, 7) is 6.74.